The smallest absolute Gasteiger partial charge is 0.271 e. The van der Waals surface area contributed by atoms with Crippen molar-refractivity contribution in [2.75, 3.05) is 19.8 Å². The summed E-state index contributed by atoms with van der Waals surface area (Å²) in [6, 6.07) is 6.82. The maximum absolute atomic E-state index is 12.4. The summed E-state index contributed by atoms with van der Waals surface area (Å²) in [4.78, 5) is 13.3. The molecule has 0 aliphatic heterocycles. The summed E-state index contributed by atoms with van der Waals surface area (Å²) >= 11 is 7.23. The molecule has 1 N–H and O–H groups in total. The molecule has 6 nitrogen and oxygen atoms in total. The molecular formula is C18H21ClN2O4S. The van der Waals surface area contributed by atoms with Gasteiger partial charge in [0.2, 0.25) is 5.75 Å². The Morgan fingerprint density at radius 1 is 1.12 bits per heavy atom. The van der Waals surface area contributed by atoms with E-state index >= 15 is 0 Å². The number of nitrogens with one attached hydrogen (secondary N) is 1. The van der Waals surface area contributed by atoms with Gasteiger partial charge in [-0.3, -0.25) is 4.79 Å². The minimum absolute atomic E-state index is 0.363. The average molecular weight is 397 g/mol. The van der Waals surface area contributed by atoms with Gasteiger partial charge in [0.1, 0.15) is 0 Å². The molecule has 0 saturated carbocycles. The van der Waals surface area contributed by atoms with Crippen LogP contribution >= 0.6 is 22.9 Å². The maximum Gasteiger partial charge on any atom is 0.271 e. The van der Waals surface area contributed by atoms with Gasteiger partial charge in [0, 0.05) is 10.4 Å². The Morgan fingerprint density at radius 3 is 2.23 bits per heavy atom. The van der Waals surface area contributed by atoms with Crippen molar-refractivity contribution in [1.29, 1.82) is 0 Å². The number of hydrogen-bond donors (Lipinski definition) is 1. The van der Waals surface area contributed by atoms with Crippen molar-refractivity contribution in [2.24, 2.45) is 5.10 Å². The molecule has 8 heteroatoms. The Balaban J connectivity index is 2.23. The van der Waals surface area contributed by atoms with Crippen LogP contribution in [0.4, 0.5) is 0 Å². The van der Waals surface area contributed by atoms with E-state index in [4.69, 9.17) is 25.8 Å². The van der Waals surface area contributed by atoms with Gasteiger partial charge < -0.3 is 14.2 Å². The number of benzene rings is 1. The Bertz CT molecular complexity index is 749. The molecule has 0 unspecified atom stereocenters. The van der Waals surface area contributed by atoms with Gasteiger partial charge in [-0.25, -0.2) is 5.43 Å². The minimum atomic E-state index is -0.381. The second-order valence-electron chi connectivity index (χ2n) is 4.94. The Hall–Kier alpha value is -2.25. The molecule has 0 spiro atoms. The number of rotatable bonds is 9. The van der Waals surface area contributed by atoms with E-state index < -0.39 is 0 Å². The van der Waals surface area contributed by atoms with Crippen LogP contribution in [0.2, 0.25) is 4.34 Å². The van der Waals surface area contributed by atoms with Gasteiger partial charge in [-0.2, -0.15) is 5.10 Å². The van der Waals surface area contributed by atoms with Gasteiger partial charge >= 0.3 is 0 Å². The highest BCUT2D eigenvalue weighted by molar-refractivity contribution is 7.17. The molecule has 1 heterocycles. The normalized spacial score (nSPS) is 10.8. The minimum Gasteiger partial charge on any atom is -0.490 e. The van der Waals surface area contributed by atoms with Crippen molar-refractivity contribution >= 4 is 35.1 Å². The first kappa shape index (κ1) is 20.1. The van der Waals surface area contributed by atoms with Crippen LogP contribution < -0.4 is 19.6 Å². The van der Waals surface area contributed by atoms with Crippen LogP contribution in [0.3, 0.4) is 0 Å². The predicted molar refractivity (Wildman–Crippen MR) is 104 cm³/mol. The van der Waals surface area contributed by atoms with Crippen LogP contribution in [-0.4, -0.2) is 31.9 Å². The monoisotopic (exact) mass is 396 g/mol. The molecule has 26 heavy (non-hydrogen) atoms. The molecule has 0 aliphatic carbocycles. The second-order valence-corrected chi connectivity index (χ2v) is 6.69. The van der Waals surface area contributed by atoms with Crippen LogP contribution in [0, 0.1) is 0 Å². The van der Waals surface area contributed by atoms with Gasteiger partial charge in [-0.05, 0) is 45.0 Å². The highest BCUT2D eigenvalue weighted by atomic mass is 35.5. The zero-order valence-corrected chi connectivity index (χ0v) is 16.4. The number of ether oxygens (including phenoxy) is 3. The van der Waals surface area contributed by atoms with Crippen molar-refractivity contribution < 1.29 is 19.0 Å². The third kappa shape index (κ3) is 5.37. The van der Waals surface area contributed by atoms with Crippen LogP contribution in [-0.2, 0) is 0 Å². The number of amides is 1. The number of carbonyl (C=O) groups excluding carboxylic acids is 1. The lowest BCUT2D eigenvalue weighted by Gasteiger charge is -2.16. The number of halogens is 1. The Morgan fingerprint density at radius 2 is 1.73 bits per heavy atom. The predicted octanol–water partition coefficient (Wildman–Crippen LogP) is 4.36. The first-order valence-electron chi connectivity index (χ1n) is 8.24. The fraction of sp³-hybridized carbons (Fsp3) is 0.333. The molecule has 0 atom stereocenters. The topological polar surface area (TPSA) is 69.2 Å². The fourth-order valence-electron chi connectivity index (χ4n) is 2.14. The lowest BCUT2D eigenvalue weighted by Crippen LogP contribution is -2.18. The van der Waals surface area contributed by atoms with E-state index in [1.165, 1.54) is 17.6 Å². The quantitative estimate of drug-likeness (QED) is 0.505. The van der Waals surface area contributed by atoms with E-state index in [2.05, 4.69) is 10.5 Å². The molecule has 140 valence electrons. The van der Waals surface area contributed by atoms with Gasteiger partial charge in [0.05, 0.1) is 30.4 Å². The van der Waals surface area contributed by atoms with E-state index in [1.807, 2.05) is 26.8 Å². The molecule has 2 aromatic rings. The lowest BCUT2D eigenvalue weighted by molar-refractivity contribution is 0.0954. The molecule has 0 aliphatic rings. The second kappa shape index (κ2) is 10.0. The summed E-state index contributed by atoms with van der Waals surface area (Å²) in [7, 11) is 0. The maximum atomic E-state index is 12.4. The van der Waals surface area contributed by atoms with Crippen LogP contribution in [0.1, 0.15) is 36.0 Å². The molecular weight excluding hydrogens is 376 g/mol. The van der Waals surface area contributed by atoms with Crippen molar-refractivity contribution in [3.63, 3.8) is 0 Å². The summed E-state index contributed by atoms with van der Waals surface area (Å²) in [5.41, 5.74) is 2.85. The summed E-state index contributed by atoms with van der Waals surface area (Å²) in [5, 5.41) is 3.96. The van der Waals surface area contributed by atoms with Gasteiger partial charge in [0.25, 0.3) is 5.91 Å². The molecule has 1 amide bonds. The van der Waals surface area contributed by atoms with Crippen molar-refractivity contribution in [3.8, 4) is 17.2 Å². The lowest BCUT2D eigenvalue weighted by atomic mass is 10.1. The van der Waals surface area contributed by atoms with Gasteiger partial charge in [-0.1, -0.05) is 11.6 Å². The molecule has 0 fully saturated rings. The first-order valence-corrected chi connectivity index (χ1v) is 9.43. The summed E-state index contributed by atoms with van der Waals surface area (Å²) in [6.07, 6.45) is 1.54. The summed E-state index contributed by atoms with van der Waals surface area (Å²) in [6.45, 7) is 6.93. The van der Waals surface area contributed by atoms with E-state index in [9.17, 15) is 4.79 Å². The van der Waals surface area contributed by atoms with Crippen LogP contribution in [0.15, 0.2) is 29.4 Å². The van der Waals surface area contributed by atoms with Gasteiger partial charge in [-0.15, -0.1) is 11.3 Å². The molecule has 0 radical (unpaired) electrons. The Labute approximate surface area is 161 Å². The third-order valence-corrected chi connectivity index (χ3v) is 4.29. The number of hydrazone groups is 1. The van der Waals surface area contributed by atoms with E-state index in [1.54, 1.807) is 18.2 Å². The zero-order valence-electron chi connectivity index (χ0n) is 14.9. The number of carbonyl (C=O) groups is 1. The zero-order chi connectivity index (χ0) is 18.9. The number of hydrogen-bond acceptors (Lipinski definition) is 6. The van der Waals surface area contributed by atoms with E-state index in [0.717, 1.165) is 4.88 Å². The highest BCUT2D eigenvalue weighted by Gasteiger charge is 2.18. The summed E-state index contributed by atoms with van der Waals surface area (Å²) in [5.74, 6) is 1.03. The molecule has 1 aromatic carbocycles. The number of nitrogens with zero attached hydrogens (tertiary/aromatic N) is 1. The van der Waals surface area contributed by atoms with E-state index in [0.29, 0.717) is 47.0 Å². The fourth-order valence-corrected chi connectivity index (χ4v) is 3.07. The molecule has 2 rings (SSSR count). The average Bonchev–Trinajstić information content (AvgIpc) is 3.03. The molecule has 1 aromatic heterocycles. The van der Waals surface area contributed by atoms with Crippen LogP contribution in [0.25, 0.3) is 0 Å². The SMILES string of the molecule is CCOc1cc(C(=O)N/N=C/c2ccc(Cl)s2)cc(OCC)c1OCC. The standard InChI is InChI=1S/C18H21ClN2O4S/c1-4-23-14-9-12(10-15(24-5-2)17(14)25-6-3)18(22)21-20-11-13-7-8-16(19)26-13/h7-11H,4-6H2,1-3H3,(H,21,22)/b20-11+. The third-order valence-electron chi connectivity index (χ3n) is 3.12. The highest BCUT2D eigenvalue weighted by Crippen LogP contribution is 2.39. The molecule has 0 bridgehead atoms. The number of thiophene rings is 1. The van der Waals surface area contributed by atoms with Gasteiger partial charge in [0.15, 0.2) is 11.5 Å². The Kier molecular flexibility index (Phi) is 7.74. The first-order chi connectivity index (χ1) is 12.6. The van der Waals surface area contributed by atoms with Crippen molar-refractivity contribution in [3.05, 3.63) is 39.0 Å². The van der Waals surface area contributed by atoms with Crippen LogP contribution in [0.5, 0.6) is 17.2 Å². The van der Waals surface area contributed by atoms with Crippen molar-refractivity contribution in [2.45, 2.75) is 20.8 Å². The van der Waals surface area contributed by atoms with Crippen molar-refractivity contribution in [1.82, 2.24) is 5.43 Å². The molecule has 0 saturated heterocycles. The largest absolute Gasteiger partial charge is 0.490 e. The van der Waals surface area contributed by atoms with E-state index in [-0.39, 0.29) is 5.91 Å². The summed E-state index contributed by atoms with van der Waals surface area (Å²) < 4.78 is 17.5.